The summed E-state index contributed by atoms with van der Waals surface area (Å²) >= 11 is 3.46. The third-order valence-electron chi connectivity index (χ3n) is 19.8. The molecule has 10 aromatic rings. The zero-order valence-electron chi connectivity index (χ0n) is 58.2. The lowest BCUT2D eigenvalue weighted by atomic mass is 9.80. The van der Waals surface area contributed by atoms with Crippen LogP contribution in [-0.4, -0.2) is 186 Å². The second-order valence-corrected chi connectivity index (χ2v) is 28.5. The smallest absolute Gasteiger partial charge is 0.496 e. The summed E-state index contributed by atoms with van der Waals surface area (Å²) < 4.78 is 28.3. The predicted octanol–water partition coefficient (Wildman–Crippen LogP) is 13.2. The molecular formula is C80H95BBrN11O4. The largest absolute Gasteiger partial charge is 0.497 e. The molecule has 15 nitrogen and oxygen atoms in total. The summed E-state index contributed by atoms with van der Waals surface area (Å²) in [7, 11) is 9.57. The maximum Gasteiger partial charge on any atom is 0.496 e. The van der Waals surface area contributed by atoms with E-state index in [1.807, 2.05) is 42.9 Å². The summed E-state index contributed by atoms with van der Waals surface area (Å²) in [6.07, 6.45) is 15.4. The number of pyridine rings is 3. The van der Waals surface area contributed by atoms with Gasteiger partial charge in [-0.15, -0.1) is 0 Å². The van der Waals surface area contributed by atoms with E-state index in [-0.39, 0.29) is 11.2 Å². The van der Waals surface area contributed by atoms with Gasteiger partial charge in [-0.2, -0.15) is 0 Å². The Morgan fingerprint density at radius 3 is 1.35 bits per heavy atom. The zero-order chi connectivity index (χ0) is 67.5. The molecule has 5 aromatic heterocycles. The highest BCUT2D eigenvalue weighted by Crippen LogP contribution is 2.37. The van der Waals surface area contributed by atoms with Crippen molar-refractivity contribution in [2.24, 2.45) is 0 Å². The first-order valence-electron chi connectivity index (χ1n) is 34.3. The van der Waals surface area contributed by atoms with Gasteiger partial charge in [-0.25, -0.2) is 9.97 Å². The van der Waals surface area contributed by atoms with Gasteiger partial charge in [0.05, 0.1) is 31.1 Å². The fourth-order valence-corrected chi connectivity index (χ4v) is 13.2. The van der Waals surface area contributed by atoms with E-state index in [0.29, 0.717) is 0 Å². The Morgan fingerprint density at radius 1 is 0.443 bits per heavy atom. The van der Waals surface area contributed by atoms with Crippen molar-refractivity contribution in [3.05, 3.63) is 232 Å². The van der Waals surface area contributed by atoms with Crippen molar-refractivity contribution < 1.29 is 18.8 Å². The molecule has 504 valence electrons. The minimum absolute atomic E-state index is 0.354. The first-order valence-corrected chi connectivity index (χ1v) is 35.1. The zero-order valence-corrected chi connectivity index (χ0v) is 59.8. The van der Waals surface area contributed by atoms with Crippen LogP contribution in [0, 0.1) is 0 Å². The summed E-state index contributed by atoms with van der Waals surface area (Å²) in [5.74, 6) is 1.74. The number of nitrogens with zero attached hydrogens (tertiary/aromatic N) is 11. The molecule has 15 rings (SSSR count). The highest BCUT2D eigenvalue weighted by molar-refractivity contribution is 9.10. The molecule has 5 aliphatic rings. The molecule has 97 heavy (non-hydrogen) atoms. The SMILES string of the molecule is CN1CCN(Cc2ccc(Br)cc2)CC1.CN1CCN(Cc2cccc(-c3cnc4c(c3)C=CC4)c2)CC1.COc1ccc(Cn2ccc3cc(-c4cccc(CN5CCN(C)CC5)c4)cnc32)cc1.COc1ccc(Cn2ccc3cc(B4OC(C)(C)C(C)(C)O4)cnc32)cc1. The molecule has 0 unspecified atom stereocenters. The predicted molar refractivity (Wildman–Crippen MR) is 400 cm³/mol. The van der Waals surface area contributed by atoms with Crippen LogP contribution in [-0.2, 0) is 48.5 Å². The van der Waals surface area contributed by atoms with Gasteiger partial charge in [0.2, 0.25) is 0 Å². The van der Waals surface area contributed by atoms with Gasteiger partial charge in [0.25, 0.3) is 0 Å². The van der Waals surface area contributed by atoms with Crippen LogP contribution in [0.4, 0.5) is 0 Å². The van der Waals surface area contributed by atoms with Gasteiger partial charge in [-0.1, -0.05) is 101 Å². The summed E-state index contributed by atoms with van der Waals surface area (Å²) in [6.45, 7) is 26.9. The fourth-order valence-electron chi connectivity index (χ4n) is 12.9. The van der Waals surface area contributed by atoms with E-state index in [4.69, 9.17) is 23.8 Å². The Morgan fingerprint density at radius 2 is 0.866 bits per heavy atom. The van der Waals surface area contributed by atoms with Crippen LogP contribution in [0.2, 0.25) is 0 Å². The van der Waals surface area contributed by atoms with E-state index in [1.165, 1.54) is 106 Å². The summed E-state index contributed by atoms with van der Waals surface area (Å²) in [4.78, 5) is 28.9. The van der Waals surface area contributed by atoms with Gasteiger partial charge in [0.15, 0.2) is 0 Å². The summed E-state index contributed by atoms with van der Waals surface area (Å²) in [5, 5.41) is 2.25. The third kappa shape index (κ3) is 18.1. The van der Waals surface area contributed by atoms with Crippen molar-refractivity contribution in [3.8, 4) is 33.8 Å². The van der Waals surface area contributed by atoms with Crippen molar-refractivity contribution in [3.63, 3.8) is 0 Å². The van der Waals surface area contributed by atoms with Crippen molar-refractivity contribution in [2.45, 2.75) is 78.0 Å². The Hall–Kier alpha value is -7.81. The van der Waals surface area contributed by atoms with Gasteiger partial charge >= 0.3 is 7.12 Å². The van der Waals surface area contributed by atoms with Gasteiger partial charge in [0, 0.05) is 181 Å². The molecule has 0 bridgehead atoms. The maximum absolute atomic E-state index is 6.14. The standard InChI is InChI=1S/C27H30N4O.C21H25BN2O3.C20H23N3.C12H17BrN2/c1-29-12-14-30(15-13-29)19-22-4-3-5-23(16-22)25-17-24-10-11-31(27(24)28-18-25)20-21-6-8-26(32-2)9-7-21;1-20(2)21(3,4)27-22(26-20)17-12-16-10-11-24(19(16)23-13-17)14-15-6-8-18(25-5)9-7-15;1-22-8-10-23(11-9-22)15-16-4-2-5-17(12-16)19-13-18-6-3-7-20(18)21-14-19;1-14-6-8-15(9-7-14)10-11-2-4-12(13)5-3-11/h3-11,16-18H,12-15,19-20H2,1-2H3;6-13H,14H2,1-5H3;2-6,12-14H,7-11,15H2,1H3;2-5H,6-10H2,1H3. The van der Waals surface area contributed by atoms with Gasteiger partial charge in [-0.3, -0.25) is 19.7 Å². The first-order chi connectivity index (χ1) is 47.0. The molecule has 0 spiro atoms. The Balaban J connectivity index is 0.000000127. The lowest BCUT2D eigenvalue weighted by Gasteiger charge is -2.32. The monoisotopic (exact) mass is 1360 g/mol. The van der Waals surface area contributed by atoms with Crippen LogP contribution in [0.15, 0.2) is 193 Å². The van der Waals surface area contributed by atoms with E-state index in [0.717, 1.165) is 117 Å². The van der Waals surface area contributed by atoms with Crippen LogP contribution in [0.1, 0.15) is 66.8 Å². The average molecular weight is 1370 g/mol. The van der Waals surface area contributed by atoms with E-state index < -0.39 is 7.12 Å². The molecule has 4 aliphatic heterocycles. The van der Waals surface area contributed by atoms with E-state index >= 15 is 0 Å². The molecule has 0 radical (unpaired) electrons. The van der Waals surface area contributed by atoms with E-state index in [2.05, 4.69) is 265 Å². The molecule has 0 saturated carbocycles. The Kier molecular flexibility index (Phi) is 22.7. The number of rotatable bonds is 15. The van der Waals surface area contributed by atoms with Gasteiger partial charge < -0.3 is 42.6 Å². The first kappa shape index (κ1) is 69.1. The molecule has 0 N–H and O–H groups in total. The van der Waals surface area contributed by atoms with Crippen LogP contribution < -0.4 is 14.9 Å². The van der Waals surface area contributed by atoms with Crippen LogP contribution in [0.5, 0.6) is 11.5 Å². The molecule has 4 saturated heterocycles. The van der Waals surface area contributed by atoms with Gasteiger partial charge in [-0.05, 0) is 172 Å². The number of likely N-dealkylation sites (N-methyl/N-ethyl adjacent to an activating group) is 3. The molecule has 9 heterocycles. The van der Waals surface area contributed by atoms with Crippen molar-refractivity contribution in [1.29, 1.82) is 0 Å². The summed E-state index contributed by atoms with van der Waals surface area (Å²) in [6, 6.07) is 53.6. The second-order valence-electron chi connectivity index (χ2n) is 27.6. The number of hydrogen-bond acceptors (Lipinski definition) is 13. The topological polar surface area (TPSA) is 105 Å². The normalized spacial score (nSPS) is 17.4. The molecular weight excluding hydrogens is 1270 g/mol. The van der Waals surface area contributed by atoms with Crippen molar-refractivity contribution in [2.75, 3.05) is 114 Å². The average Bonchev–Trinajstić information content (AvgIpc) is 1.63. The number of benzene rings is 5. The molecule has 1 aliphatic carbocycles. The molecule has 0 atom stereocenters. The number of methoxy groups -OCH3 is 2. The van der Waals surface area contributed by atoms with Crippen molar-refractivity contribution >= 4 is 56.7 Å². The number of allylic oxidation sites excluding steroid dienone is 1. The number of hydrogen-bond donors (Lipinski definition) is 0. The van der Waals surface area contributed by atoms with E-state index in [1.54, 1.807) is 14.2 Å². The van der Waals surface area contributed by atoms with Crippen molar-refractivity contribution in [1.82, 2.24) is 53.5 Å². The fraction of sp³-hybridized carbons (Fsp3) is 0.362. The van der Waals surface area contributed by atoms with Crippen LogP contribution >= 0.6 is 15.9 Å². The third-order valence-corrected chi connectivity index (χ3v) is 20.4. The number of aromatic nitrogens is 5. The number of piperazine rings is 3. The Bertz CT molecular complexity index is 4210. The molecule has 5 aromatic carbocycles. The minimum Gasteiger partial charge on any atom is -0.497 e. The highest BCUT2D eigenvalue weighted by atomic mass is 79.9. The molecule has 17 heteroatoms. The quantitative estimate of drug-likeness (QED) is 0.0911. The summed E-state index contributed by atoms with van der Waals surface area (Å²) in [5.41, 5.74) is 16.1. The number of fused-ring (bicyclic) bond motifs is 3. The molecule has 0 amide bonds. The number of halogens is 1. The minimum atomic E-state index is -0.392. The lowest BCUT2D eigenvalue weighted by Crippen LogP contribution is -2.43. The second kappa shape index (κ2) is 31.8. The number of ether oxygens (including phenoxy) is 2. The van der Waals surface area contributed by atoms with Crippen LogP contribution in [0.3, 0.4) is 0 Å². The molecule has 4 fully saturated rings. The lowest BCUT2D eigenvalue weighted by molar-refractivity contribution is 0.00578. The Labute approximate surface area is 583 Å². The van der Waals surface area contributed by atoms with Crippen LogP contribution in [0.25, 0.3) is 50.4 Å². The maximum atomic E-state index is 6.14. The highest BCUT2D eigenvalue weighted by Gasteiger charge is 2.52. The van der Waals surface area contributed by atoms with E-state index in [9.17, 15) is 0 Å². The van der Waals surface area contributed by atoms with Gasteiger partial charge in [0.1, 0.15) is 22.8 Å².